The first-order chi connectivity index (χ1) is 18.2. The number of rotatable bonds is 9. The second-order valence-corrected chi connectivity index (χ2v) is 9.84. The highest BCUT2D eigenvalue weighted by molar-refractivity contribution is 6.51. The number of hydrogen-bond donors (Lipinski definition) is 1. The first kappa shape index (κ1) is 26.8. The molecule has 3 aromatic carbocycles. The first-order valence-electron chi connectivity index (χ1n) is 12.6. The summed E-state index contributed by atoms with van der Waals surface area (Å²) in [5.41, 5.74) is 1.55. The molecule has 0 aromatic heterocycles. The van der Waals surface area contributed by atoms with Crippen molar-refractivity contribution in [2.75, 3.05) is 18.6 Å². The summed E-state index contributed by atoms with van der Waals surface area (Å²) < 4.78 is 16.9. The molecule has 4 rings (SSSR count). The first-order valence-corrected chi connectivity index (χ1v) is 12.6. The number of amides is 1. The van der Waals surface area contributed by atoms with Crippen molar-refractivity contribution in [2.24, 2.45) is 5.92 Å². The molecule has 1 saturated heterocycles. The van der Waals surface area contributed by atoms with Crippen LogP contribution in [-0.4, -0.2) is 36.6 Å². The molecule has 1 atom stereocenters. The summed E-state index contributed by atoms with van der Waals surface area (Å²) in [4.78, 5) is 28.2. The van der Waals surface area contributed by atoms with Gasteiger partial charge in [-0.2, -0.15) is 0 Å². The monoisotopic (exact) mass is 515 g/mol. The van der Waals surface area contributed by atoms with Crippen LogP contribution < -0.4 is 19.1 Å². The van der Waals surface area contributed by atoms with E-state index in [-0.39, 0.29) is 17.4 Å². The fourth-order valence-corrected chi connectivity index (χ4v) is 4.30. The molecule has 7 nitrogen and oxygen atoms in total. The Morgan fingerprint density at radius 3 is 2.16 bits per heavy atom. The smallest absolute Gasteiger partial charge is 0.300 e. The van der Waals surface area contributed by atoms with Crippen molar-refractivity contribution in [3.63, 3.8) is 0 Å². The number of carbonyl (C=O) groups excluding carboxylic acids is 2. The number of Topliss-reactive ketones (excluding diaryl/α,β-unsaturated/α-hetero) is 1. The maximum Gasteiger partial charge on any atom is 0.300 e. The van der Waals surface area contributed by atoms with Gasteiger partial charge in [-0.05, 0) is 73.9 Å². The standard InChI is InChI=1S/C31H33NO6/c1-19(2)18-37-24-13-11-22(12-14-24)29(33)27-28(21-9-15-25(16-10-21)38-20(3)4)32(31(35)30(27)34)23-7-6-8-26(17-23)36-5/h6-17,19-20,28,33H,18H2,1-5H3/b29-27+. The molecule has 0 radical (unpaired) electrons. The van der Waals surface area contributed by atoms with Crippen molar-refractivity contribution in [3.05, 3.63) is 89.5 Å². The number of methoxy groups -OCH3 is 1. The molecule has 1 N–H and O–H groups in total. The van der Waals surface area contributed by atoms with Crippen LogP contribution in [0.5, 0.6) is 17.2 Å². The van der Waals surface area contributed by atoms with Gasteiger partial charge in [-0.15, -0.1) is 0 Å². The minimum Gasteiger partial charge on any atom is -0.507 e. The van der Waals surface area contributed by atoms with Crippen LogP contribution in [0, 0.1) is 5.92 Å². The van der Waals surface area contributed by atoms with E-state index < -0.39 is 17.7 Å². The van der Waals surface area contributed by atoms with Gasteiger partial charge in [0.15, 0.2) is 0 Å². The molecule has 0 spiro atoms. The molecule has 0 aliphatic carbocycles. The lowest BCUT2D eigenvalue weighted by Gasteiger charge is -2.26. The summed E-state index contributed by atoms with van der Waals surface area (Å²) >= 11 is 0. The van der Waals surface area contributed by atoms with Gasteiger partial charge in [0.05, 0.1) is 31.4 Å². The Hall–Kier alpha value is -4.26. The number of benzene rings is 3. The summed E-state index contributed by atoms with van der Waals surface area (Å²) in [6, 6.07) is 20.1. The van der Waals surface area contributed by atoms with Crippen molar-refractivity contribution in [3.8, 4) is 17.2 Å². The average Bonchev–Trinajstić information content (AvgIpc) is 3.17. The van der Waals surface area contributed by atoms with Crippen LogP contribution in [0.3, 0.4) is 0 Å². The van der Waals surface area contributed by atoms with Crippen LogP contribution in [0.2, 0.25) is 0 Å². The maximum atomic E-state index is 13.4. The van der Waals surface area contributed by atoms with Gasteiger partial charge in [-0.25, -0.2) is 0 Å². The lowest BCUT2D eigenvalue weighted by molar-refractivity contribution is -0.132. The lowest BCUT2D eigenvalue weighted by atomic mass is 9.95. The van der Waals surface area contributed by atoms with Crippen molar-refractivity contribution < 1.29 is 28.9 Å². The highest BCUT2D eigenvalue weighted by atomic mass is 16.5. The third-order valence-corrected chi connectivity index (χ3v) is 6.05. The number of ether oxygens (including phenoxy) is 3. The van der Waals surface area contributed by atoms with Crippen LogP contribution >= 0.6 is 0 Å². The number of carbonyl (C=O) groups is 2. The highest BCUT2D eigenvalue weighted by Crippen LogP contribution is 2.43. The molecular formula is C31H33NO6. The number of anilines is 1. The molecule has 198 valence electrons. The van der Waals surface area contributed by atoms with Gasteiger partial charge in [0, 0.05) is 17.3 Å². The molecule has 7 heteroatoms. The van der Waals surface area contributed by atoms with Crippen molar-refractivity contribution >= 4 is 23.1 Å². The molecule has 0 bridgehead atoms. The minimum atomic E-state index is -0.855. The molecule has 1 unspecified atom stereocenters. The Kier molecular flexibility index (Phi) is 8.05. The van der Waals surface area contributed by atoms with Gasteiger partial charge in [-0.3, -0.25) is 14.5 Å². The minimum absolute atomic E-state index is 0.00393. The van der Waals surface area contributed by atoms with Crippen molar-refractivity contribution in [1.29, 1.82) is 0 Å². The summed E-state index contributed by atoms with van der Waals surface area (Å²) in [7, 11) is 1.53. The van der Waals surface area contributed by atoms with E-state index in [0.29, 0.717) is 46.6 Å². The van der Waals surface area contributed by atoms with E-state index in [9.17, 15) is 14.7 Å². The van der Waals surface area contributed by atoms with Crippen molar-refractivity contribution in [1.82, 2.24) is 0 Å². The molecule has 1 aliphatic heterocycles. The van der Waals surface area contributed by atoms with Gasteiger partial charge in [-0.1, -0.05) is 32.0 Å². The molecule has 1 aliphatic rings. The predicted octanol–water partition coefficient (Wildman–Crippen LogP) is 6.14. The van der Waals surface area contributed by atoms with E-state index in [1.807, 2.05) is 13.8 Å². The zero-order valence-electron chi connectivity index (χ0n) is 22.3. The number of ketones is 1. The Labute approximate surface area is 223 Å². The van der Waals surface area contributed by atoms with Crippen LogP contribution in [0.4, 0.5) is 5.69 Å². The van der Waals surface area contributed by atoms with E-state index in [4.69, 9.17) is 14.2 Å². The van der Waals surface area contributed by atoms with Crippen LogP contribution in [-0.2, 0) is 9.59 Å². The summed E-state index contributed by atoms with van der Waals surface area (Å²) in [5, 5.41) is 11.4. The number of hydrogen-bond acceptors (Lipinski definition) is 6. The van der Waals surface area contributed by atoms with Crippen LogP contribution in [0.15, 0.2) is 78.4 Å². The van der Waals surface area contributed by atoms with E-state index >= 15 is 0 Å². The Morgan fingerprint density at radius 1 is 0.895 bits per heavy atom. The fourth-order valence-electron chi connectivity index (χ4n) is 4.30. The molecule has 38 heavy (non-hydrogen) atoms. The second kappa shape index (κ2) is 11.4. The topological polar surface area (TPSA) is 85.3 Å². The summed E-state index contributed by atoms with van der Waals surface area (Å²) in [6.45, 7) is 8.55. The Bertz CT molecular complexity index is 1330. The van der Waals surface area contributed by atoms with Crippen LogP contribution in [0.25, 0.3) is 5.76 Å². The zero-order chi connectivity index (χ0) is 27.4. The third kappa shape index (κ3) is 5.67. The van der Waals surface area contributed by atoms with Gasteiger partial charge >= 0.3 is 0 Å². The SMILES string of the molecule is COc1cccc(N2C(=O)C(=O)/C(=C(/O)c3ccc(OCC(C)C)cc3)C2c2ccc(OC(C)C)cc2)c1. The molecule has 3 aromatic rings. The van der Waals surface area contributed by atoms with E-state index in [1.54, 1.807) is 72.8 Å². The summed E-state index contributed by atoms with van der Waals surface area (Å²) in [6.07, 6.45) is -0.00393. The predicted molar refractivity (Wildman–Crippen MR) is 147 cm³/mol. The van der Waals surface area contributed by atoms with E-state index in [2.05, 4.69) is 13.8 Å². The van der Waals surface area contributed by atoms with Crippen molar-refractivity contribution in [2.45, 2.75) is 39.8 Å². The zero-order valence-corrected chi connectivity index (χ0v) is 22.3. The number of aliphatic hydroxyl groups excluding tert-OH is 1. The van der Waals surface area contributed by atoms with E-state index in [1.165, 1.54) is 12.0 Å². The van der Waals surface area contributed by atoms with Gasteiger partial charge in [0.2, 0.25) is 0 Å². The lowest BCUT2D eigenvalue weighted by Crippen LogP contribution is -2.29. The molecular weight excluding hydrogens is 482 g/mol. The summed E-state index contributed by atoms with van der Waals surface area (Å²) in [5.74, 6) is 0.482. The average molecular weight is 516 g/mol. The molecule has 1 heterocycles. The Morgan fingerprint density at radius 2 is 1.55 bits per heavy atom. The second-order valence-electron chi connectivity index (χ2n) is 9.84. The Balaban J connectivity index is 1.81. The third-order valence-electron chi connectivity index (χ3n) is 6.05. The highest BCUT2D eigenvalue weighted by Gasteiger charge is 2.47. The van der Waals surface area contributed by atoms with Gasteiger partial charge < -0.3 is 19.3 Å². The number of aliphatic hydroxyl groups is 1. The van der Waals surface area contributed by atoms with Gasteiger partial charge in [0.1, 0.15) is 23.0 Å². The fraction of sp³-hybridized carbons (Fsp3) is 0.290. The quantitative estimate of drug-likeness (QED) is 0.209. The molecule has 0 saturated carbocycles. The maximum absolute atomic E-state index is 13.4. The van der Waals surface area contributed by atoms with E-state index in [0.717, 1.165) is 0 Å². The molecule has 1 fully saturated rings. The van der Waals surface area contributed by atoms with Crippen LogP contribution in [0.1, 0.15) is 44.9 Å². The molecule has 1 amide bonds. The van der Waals surface area contributed by atoms with Gasteiger partial charge in [0.25, 0.3) is 11.7 Å². The number of nitrogens with zero attached hydrogens (tertiary/aromatic N) is 1. The normalized spacial score (nSPS) is 16.8. The largest absolute Gasteiger partial charge is 0.507 e.